The Morgan fingerprint density at radius 1 is 1.15 bits per heavy atom. The Kier molecular flexibility index (Phi) is 3.89. The molecule has 1 amide bonds. The minimum absolute atomic E-state index is 0.154. The number of carbonyl (C=O) groups excluding carboxylic acids is 1. The highest BCUT2D eigenvalue weighted by Crippen LogP contribution is 2.29. The summed E-state index contributed by atoms with van der Waals surface area (Å²) in [6.07, 6.45) is 2.79. The molecule has 0 aromatic carbocycles. The molecule has 26 heavy (non-hydrogen) atoms. The zero-order valence-electron chi connectivity index (χ0n) is 13.6. The summed E-state index contributed by atoms with van der Waals surface area (Å²) in [5, 5.41) is 3.63. The van der Waals surface area contributed by atoms with Crippen molar-refractivity contribution in [1.82, 2.24) is 29.0 Å². The van der Waals surface area contributed by atoms with Crippen LogP contribution in [0.5, 0.6) is 0 Å². The fourth-order valence-electron chi connectivity index (χ4n) is 3.17. The summed E-state index contributed by atoms with van der Waals surface area (Å²) in [6, 6.07) is 2.54. The average Bonchev–Trinajstić information content (AvgIpc) is 3.28. The van der Waals surface area contributed by atoms with Crippen molar-refractivity contribution in [1.29, 1.82) is 0 Å². The molecule has 0 unspecified atom stereocenters. The molecule has 1 aliphatic heterocycles. The van der Waals surface area contributed by atoms with E-state index >= 15 is 0 Å². The maximum atomic E-state index is 12.7. The zero-order chi connectivity index (χ0) is 18.3. The number of aromatic nitrogens is 5. The van der Waals surface area contributed by atoms with E-state index in [1.54, 1.807) is 27.8 Å². The number of carbonyl (C=O) groups is 1. The second-order valence-electron chi connectivity index (χ2n) is 6.14. The summed E-state index contributed by atoms with van der Waals surface area (Å²) in [5.41, 5.74) is -0.473. The van der Waals surface area contributed by atoms with Gasteiger partial charge in [-0.2, -0.15) is 18.3 Å². The maximum Gasteiger partial charge on any atom is 0.435 e. The molecule has 0 aliphatic carbocycles. The lowest BCUT2D eigenvalue weighted by molar-refractivity contribution is -0.141. The number of likely N-dealkylation sites (tertiary alicyclic amines) is 1. The molecule has 0 saturated carbocycles. The Morgan fingerprint density at radius 3 is 2.62 bits per heavy atom. The zero-order valence-corrected chi connectivity index (χ0v) is 13.6. The molecule has 1 aliphatic rings. The van der Waals surface area contributed by atoms with Gasteiger partial charge in [0.2, 0.25) is 5.78 Å². The van der Waals surface area contributed by atoms with E-state index in [1.807, 2.05) is 0 Å². The summed E-state index contributed by atoms with van der Waals surface area (Å²) in [5.74, 6) is 0.280. The molecule has 0 N–H and O–H groups in total. The van der Waals surface area contributed by atoms with Gasteiger partial charge in [-0.25, -0.2) is 9.97 Å². The number of halogens is 3. The van der Waals surface area contributed by atoms with Crippen LogP contribution in [0.4, 0.5) is 13.2 Å². The number of fused-ring (bicyclic) bond motifs is 1. The van der Waals surface area contributed by atoms with Crippen LogP contribution in [0.1, 0.15) is 35.1 Å². The van der Waals surface area contributed by atoms with Gasteiger partial charge in [-0.3, -0.25) is 13.9 Å². The van der Waals surface area contributed by atoms with Crippen LogP contribution in [0.15, 0.2) is 36.9 Å². The van der Waals surface area contributed by atoms with Crippen molar-refractivity contribution in [2.45, 2.75) is 25.1 Å². The van der Waals surface area contributed by atoms with E-state index in [9.17, 15) is 18.0 Å². The summed E-state index contributed by atoms with van der Waals surface area (Å²) in [7, 11) is 0. The minimum Gasteiger partial charge on any atom is -0.337 e. The van der Waals surface area contributed by atoms with Gasteiger partial charge in [0.05, 0.1) is 12.2 Å². The number of hydrogen-bond donors (Lipinski definition) is 0. The molecule has 10 heteroatoms. The van der Waals surface area contributed by atoms with Gasteiger partial charge in [0, 0.05) is 31.7 Å². The van der Waals surface area contributed by atoms with Crippen LogP contribution in [0.25, 0.3) is 5.78 Å². The SMILES string of the molecule is O=C(c1cnc2ncccn12)N1CCC(n2ccc(C(F)(F)F)n2)CC1. The van der Waals surface area contributed by atoms with Crippen LogP contribution >= 0.6 is 0 Å². The lowest BCUT2D eigenvalue weighted by atomic mass is 10.1. The third-order valence-electron chi connectivity index (χ3n) is 4.53. The third-order valence-corrected chi connectivity index (χ3v) is 4.53. The van der Waals surface area contributed by atoms with E-state index < -0.39 is 11.9 Å². The van der Waals surface area contributed by atoms with Crippen molar-refractivity contribution in [2.24, 2.45) is 0 Å². The molecule has 4 heterocycles. The predicted molar refractivity (Wildman–Crippen MR) is 84.4 cm³/mol. The number of imidazole rings is 1. The van der Waals surface area contributed by atoms with Gasteiger partial charge in [0.25, 0.3) is 5.91 Å². The first kappa shape index (κ1) is 16.6. The quantitative estimate of drug-likeness (QED) is 0.700. The molecule has 7 nitrogen and oxygen atoms in total. The summed E-state index contributed by atoms with van der Waals surface area (Å²) >= 11 is 0. The van der Waals surface area contributed by atoms with Crippen LogP contribution in [-0.2, 0) is 6.18 Å². The Balaban J connectivity index is 1.45. The third kappa shape index (κ3) is 2.91. The van der Waals surface area contributed by atoms with E-state index in [0.717, 1.165) is 6.07 Å². The molecule has 0 radical (unpaired) electrons. The average molecular weight is 364 g/mol. The van der Waals surface area contributed by atoms with Crippen LogP contribution in [0, 0.1) is 0 Å². The van der Waals surface area contributed by atoms with Crippen LogP contribution in [0.3, 0.4) is 0 Å². The van der Waals surface area contributed by atoms with Gasteiger partial charge in [0.1, 0.15) is 5.69 Å². The highest BCUT2D eigenvalue weighted by molar-refractivity contribution is 5.93. The number of hydrogen-bond acceptors (Lipinski definition) is 4. The highest BCUT2D eigenvalue weighted by atomic mass is 19.4. The van der Waals surface area contributed by atoms with Crippen molar-refractivity contribution < 1.29 is 18.0 Å². The van der Waals surface area contributed by atoms with Gasteiger partial charge in [-0.15, -0.1) is 0 Å². The summed E-state index contributed by atoms with van der Waals surface area (Å²) in [6.45, 7) is 0.885. The van der Waals surface area contributed by atoms with Gasteiger partial charge < -0.3 is 4.90 Å². The Hall–Kier alpha value is -2.91. The Morgan fingerprint density at radius 2 is 1.92 bits per heavy atom. The van der Waals surface area contributed by atoms with E-state index in [1.165, 1.54) is 17.1 Å². The molecule has 136 valence electrons. The number of alkyl halides is 3. The lowest BCUT2D eigenvalue weighted by Gasteiger charge is -2.32. The summed E-state index contributed by atoms with van der Waals surface area (Å²) < 4.78 is 41.0. The molecule has 3 aromatic heterocycles. The summed E-state index contributed by atoms with van der Waals surface area (Å²) in [4.78, 5) is 22.6. The van der Waals surface area contributed by atoms with Gasteiger partial charge in [-0.1, -0.05) is 0 Å². The fourth-order valence-corrected chi connectivity index (χ4v) is 3.17. The molecule has 0 bridgehead atoms. The minimum atomic E-state index is -4.45. The van der Waals surface area contributed by atoms with Crippen molar-refractivity contribution in [3.63, 3.8) is 0 Å². The van der Waals surface area contributed by atoms with Crippen molar-refractivity contribution in [3.8, 4) is 0 Å². The fraction of sp³-hybridized carbons (Fsp3) is 0.375. The molecular formula is C16H15F3N6O. The number of nitrogens with zero attached hydrogens (tertiary/aromatic N) is 6. The number of amides is 1. The van der Waals surface area contributed by atoms with Crippen molar-refractivity contribution in [2.75, 3.05) is 13.1 Å². The Bertz CT molecular complexity index is 939. The Labute approximate surface area is 146 Å². The molecule has 0 atom stereocenters. The topological polar surface area (TPSA) is 68.3 Å². The van der Waals surface area contributed by atoms with E-state index in [2.05, 4.69) is 15.1 Å². The first-order valence-electron chi connectivity index (χ1n) is 8.13. The molecular weight excluding hydrogens is 349 g/mol. The van der Waals surface area contributed by atoms with Gasteiger partial charge >= 0.3 is 6.18 Å². The van der Waals surface area contributed by atoms with E-state index in [4.69, 9.17) is 0 Å². The largest absolute Gasteiger partial charge is 0.435 e. The second-order valence-corrected chi connectivity index (χ2v) is 6.14. The molecule has 4 rings (SSSR count). The van der Waals surface area contributed by atoms with Crippen LogP contribution in [-0.4, -0.2) is 48.0 Å². The first-order chi connectivity index (χ1) is 12.4. The normalized spacial score (nSPS) is 16.3. The highest BCUT2D eigenvalue weighted by Gasteiger charge is 2.34. The standard InChI is InChI=1S/C16H15F3N6O/c17-16(18,19)13-4-9-25(22-13)11-2-7-23(8-3-11)14(26)12-10-21-15-20-5-1-6-24(12)15/h1,4-6,9-11H,2-3,7-8H2. The van der Waals surface area contributed by atoms with Crippen LogP contribution < -0.4 is 0 Å². The van der Waals surface area contributed by atoms with Crippen molar-refractivity contribution >= 4 is 11.7 Å². The van der Waals surface area contributed by atoms with Crippen molar-refractivity contribution in [3.05, 3.63) is 48.3 Å². The number of piperidine rings is 1. The van der Waals surface area contributed by atoms with E-state index in [-0.39, 0.29) is 11.9 Å². The molecule has 0 spiro atoms. The first-order valence-corrected chi connectivity index (χ1v) is 8.13. The monoisotopic (exact) mass is 364 g/mol. The molecule has 1 fully saturated rings. The molecule has 3 aromatic rings. The predicted octanol–water partition coefficient (Wildman–Crippen LogP) is 2.42. The molecule has 1 saturated heterocycles. The van der Waals surface area contributed by atoms with E-state index in [0.29, 0.717) is 37.4 Å². The van der Waals surface area contributed by atoms with Gasteiger partial charge in [-0.05, 0) is 25.0 Å². The lowest BCUT2D eigenvalue weighted by Crippen LogP contribution is -2.39. The maximum absolute atomic E-state index is 12.7. The van der Waals surface area contributed by atoms with Gasteiger partial charge in [0.15, 0.2) is 5.69 Å². The number of rotatable bonds is 2. The van der Waals surface area contributed by atoms with Crippen LogP contribution in [0.2, 0.25) is 0 Å². The smallest absolute Gasteiger partial charge is 0.337 e. The second kappa shape index (κ2) is 6.11.